The largest absolute Gasteiger partial charge is 0.507 e. The van der Waals surface area contributed by atoms with Crippen molar-refractivity contribution < 1.29 is 29.0 Å². The summed E-state index contributed by atoms with van der Waals surface area (Å²) in [6.45, 7) is 11.7. The summed E-state index contributed by atoms with van der Waals surface area (Å²) in [5, 5.41) is 11.6. The number of rotatable bonds is 7. The van der Waals surface area contributed by atoms with E-state index >= 15 is 0 Å². The van der Waals surface area contributed by atoms with Crippen molar-refractivity contribution >= 4 is 23.4 Å². The van der Waals surface area contributed by atoms with Crippen LogP contribution in [0.4, 0.5) is 0 Å². The number of ketones is 1. The van der Waals surface area contributed by atoms with Crippen molar-refractivity contribution in [1.82, 2.24) is 4.90 Å². The van der Waals surface area contributed by atoms with Gasteiger partial charge in [0.05, 0.1) is 30.4 Å². The van der Waals surface area contributed by atoms with Gasteiger partial charge in [0.15, 0.2) is 0 Å². The molecule has 1 aliphatic heterocycles. The summed E-state index contributed by atoms with van der Waals surface area (Å²) in [5.41, 5.74) is 3.83. The van der Waals surface area contributed by atoms with E-state index in [1.165, 1.54) is 4.90 Å². The summed E-state index contributed by atoms with van der Waals surface area (Å²) >= 11 is 0. The van der Waals surface area contributed by atoms with Crippen molar-refractivity contribution in [2.45, 2.75) is 65.6 Å². The molecule has 3 aromatic rings. The smallest absolute Gasteiger partial charge is 0.338 e. The number of carbonyl (C=O) groups excluding carboxylic acids is 3. The zero-order chi connectivity index (χ0) is 30.1. The maximum absolute atomic E-state index is 13.5. The molecule has 0 aromatic heterocycles. The number of likely N-dealkylation sites (tertiary alicyclic amines) is 1. The Morgan fingerprint density at radius 1 is 0.976 bits per heavy atom. The van der Waals surface area contributed by atoms with Gasteiger partial charge in [0.25, 0.3) is 11.7 Å². The highest BCUT2D eigenvalue weighted by atomic mass is 16.5. The van der Waals surface area contributed by atoms with Crippen LogP contribution in [0.25, 0.3) is 5.76 Å². The fourth-order valence-electron chi connectivity index (χ4n) is 5.05. The van der Waals surface area contributed by atoms with E-state index in [4.69, 9.17) is 9.47 Å². The van der Waals surface area contributed by atoms with E-state index in [1.54, 1.807) is 57.4 Å². The Bertz CT molecular complexity index is 1510. The molecule has 0 bridgehead atoms. The van der Waals surface area contributed by atoms with Gasteiger partial charge in [0.1, 0.15) is 11.5 Å². The number of hydrogen-bond donors (Lipinski definition) is 1. The van der Waals surface area contributed by atoms with Gasteiger partial charge in [-0.15, -0.1) is 0 Å². The van der Waals surface area contributed by atoms with Crippen LogP contribution in [0.15, 0.2) is 72.3 Å². The molecular weight excluding hydrogens is 518 g/mol. The average Bonchev–Trinajstić information content (AvgIpc) is 3.16. The molecule has 7 heteroatoms. The second-order valence-corrected chi connectivity index (χ2v) is 11.7. The standard InChI is InChI=1S/C34H37NO6/c1-20(2)41-33(39)23-13-11-22(12-14-23)19-35-29(24-10-8-9-21(3)17-24)28(31(37)32(35)38)30(36)25-15-16-27(40-7)26(18-25)34(4,5)6/h8-18,20,29,36H,19H2,1-7H3/b30-28-. The van der Waals surface area contributed by atoms with Crippen molar-refractivity contribution in [3.8, 4) is 5.75 Å². The molecule has 1 unspecified atom stereocenters. The lowest BCUT2D eigenvalue weighted by molar-refractivity contribution is -0.140. The molecular formula is C34H37NO6. The highest BCUT2D eigenvalue weighted by Crippen LogP contribution is 2.42. The fourth-order valence-corrected chi connectivity index (χ4v) is 5.05. The predicted octanol–water partition coefficient (Wildman–Crippen LogP) is 6.49. The number of hydrogen-bond acceptors (Lipinski definition) is 6. The average molecular weight is 556 g/mol. The number of esters is 1. The van der Waals surface area contributed by atoms with Crippen molar-refractivity contribution in [2.24, 2.45) is 0 Å². The molecule has 1 aliphatic rings. The zero-order valence-corrected chi connectivity index (χ0v) is 24.6. The van der Waals surface area contributed by atoms with Crippen LogP contribution in [0.5, 0.6) is 5.75 Å². The molecule has 4 rings (SSSR count). The van der Waals surface area contributed by atoms with E-state index < -0.39 is 23.7 Å². The topological polar surface area (TPSA) is 93.1 Å². The first-order valence-electron chi connectivity index (χ1n) is 13.7. The van der Waals surface area contributed by atoms with Crippen molar-refractivity contribution in [1.29, 1.82) is 0 Å². The van der Waals surface area contributed by atoms with Gasteiger partial charge in [-0.25, -0.2) is 4.79 Å². The van der Waals surface area contributed by atoms with Crippen LogP contribution < -0.4 is 4.74 Å². The van der Waals surface area contributed by atoms with E-state index in [1.807, 2.05) is 58.0 Å². The first-order chi connectivity index (χ1) is 19.3. The number of carbonyl (C=O) groups is 3. The molecule has 214 valence electrons. The molecule has 1 amide bonds. The second-order valence-electron chi connectivity index (χ2n) is 11.7. The monoisotopic (exact) mass is 555 g/mol. The molecule has 7 nitrogen and oxygen atoms in total. The van der Waals surface area contributed by atoms with E-state index in [2.05, 4.69) is 0 Å². The Morgan fingerprint density at radius 2 is 1.63 bits per heavy atom. The third-order valence-electron chi connectivity index (χ3n) is 7.06. The van der Waals surface area contributed by atoms with Crippen molar-refractivity contribution in [3.63, 3.8) is 0 Å². The number of amides is 1. The SMILES string of the molecule is COc1ccc(/C(O)=C2/C(=O)C(=O)N(Cc3ccc(C(=O)OC(C)C)cc3)C2c2cccc(C)c2)cc1C(C)(C)C. The van der Waals surface area contributed by atoms with Crippen LogP contribution in [0.1, 0.15) is 78.8 Å². The van der Waals surface area contributed by atoms with Gasteiger partial charge >= 0.3 is 5.97 Å². The second kappa shape index (κ2) is 11.6. The lowest BCUT2D eigenvalue weighted by atomic mass is 9.84. The molecule has 1 atom stereocenters. The van der Waals surface area contributed by atoms with Crippen LogP contribution >= 0.6 is 0 Å². The van der Waals surface area contributed by atoms with Crippen LogP contribution in [-0.2, 0) is 26.3 Å². The van der Waals surface area contributed by atoms with E-state index in [0.717, 1.165) is 16.7 Å². The lowest BCUT2D eigenvalue weighted by Gasteiger charge is -2.26. The van der Waals surface area contributed by atoms with Crippen LogP contribution in [-0.4, -0.2) is 40.9 Å². The molecule has 1 heterocycles. The summed E-state index contributed by atoms with van der Waals surface area (Å²) in [6, 6.07) is 18.8. The van der Waals surface area contributed by atoms with Crippen LogP contribution in [0.2, 0.25) is 0 Å². The minimum absolute atomic E-state index is 0.0303. The van der Waals surface area contributed by atoms with Crippen molar-refractivity contribution in [2.75, 3.05) is 7.11 Å². The maximum atomic E-state index is 13.5. The van der Waals surface area contributed by atoms with E-state index in [-0.39, 0.29) is 29.4 Å². The Morgan fingerprint density at radius 3 is 2.22 bits per heavy atom. The summed E-state index contributed by atoms with van der Waals surface area (Å²) < 4.78 is 10.8. The van der Waals surface area contributed by atoms with Crippen LogP contribution in [0, 0.1) is 6.92 Å². The fraction of sp³-hybridized carbons (Fsp3) is 0.324. The number of benzene rings is 3. The zero-order valence-electron chi connectivity index (χ0n) is 24.6. The van der Waals surface area contributed by atoms with Gasteiger partial charge in [-0.1, -0.05) is 62.7 Å². The summed E-state index contributed by atoms with van der Waals surface area (Å²) in [6.07, 6.45) is -0.242. The van der Waals surface area contributed by atoms with Gasteiger partial charge in [0, 0.05) is 17.7 Å². The number of Topliss-reactive ketones (excluding diaryl/α,β-unsaturated/α-hetero) is 1. The number of methoxy groups -OCH3 is 1. The number of aryl methyl sites for hydroxylation is 1. The number of ether oxygens (including phenoxy) is 2. The number of aliphatic hydroxyl groups excluding tert-OH is 1. The lowest BCUT2D eigenvalue weighted by Crippen LogP contribution is -2.29. The first kappa shape index (κ1) is 29.6. The Kier molecular flexibility index (Phi) is 8.38. The van der Waals surface area contributed by atoms with Crippen molar-refractivity contribution in [3.05, 3.63) is 106 Å². The third-order valence-corrected chi connectivity index (χ3v) is 7.06. The molecule has 0 radical (unpaired) electrons. The number of aliphatic hydroxyl groups is 1. The Balaban J connectivity index is 1.80. The predicted molar refractivity (Wildman–Crippen MR) is 158 cm³/mol. The van der Waals surface area contributed by atoms with Gasteiger partial charge in [0.2, 0.25) is 0 Å². The molecule has 41 heavy (non-hydrogen) atoms. The molecule has 0 spiro atoms. The molecule has 1 N–H and O–H groups in total. The van der Waals surface area contributed by atoms with Gasteiger partial charge in [-0.3, -0.25) is 9.59 Å². The summed E-state index contributed by atoms with van der Waals surface area (Å²) in [5.74, 6) is -1.45. The Labute approximate surface area is 241 Å². The minimum atomic E-state index is -0.805. The first-order valence-corrected chi connectivity index (χ1v) is 13.7. The minimum Gasteiger partial charge on any atom is -0.507 e. The number of nitrogens with zero attached hydrogens (tertiary/aromatic N) is 1. The Hall–Kier alpha value is -4.39. The van der Waals surface area contributed by atoms with Gasteiger partial charge in [-0.2, -0.15) is 0 Å². The highest BCUT2D eigenvalue weighted by Gasteiger charge is 2.46. The molecule has 1 saturated heterocycles. The van der Waals surface area contributed by atoms with E-state index in [0.29, 0.717) is 22.4 Å². The summed E-state index contributed by atoms with van der Waals surface area (Å²) in [7, 11) is 1.59. The highest BCUT2D eigenvalue weighted by molar-refractivity contribution is 6.46. The molecule has 0 saturated carbocycles. The van der Waals surface area contributed by atoms with Crippen LogP contribution in [0.3, 0.4) is 0 Å². The molecule has 1 fully saturated rings. The van der Waals surface area contributed by atoms with Gasteiger partial charge in [-0.05, 0) is 67.6 Å². The normalized spacial score (nSPS) is 16.8. The molecule has 0 aliphatic carbocycles. The maximum Gasteiger partial charge on any atom is 0.338 e. The third kappa shape index (κ3) is 6.19. The van der Waals surface area contributed by atoms with Gasteiger partial charge < -0.3 is 19.5 Å². The van der Waals surface area contributed by atoms with E-state index in [9.17, 15) is 19.5 Å². The quantitative estimate of drug-likeness (QED) is 0.155. The molecule has 3 aromatic carbocycles. The summed E-state index contributed by atoms with van der Waals surface area (Å²) in [4.78, 5) is 40.8.